The van der Waals surface area contributed by atoms with Gasteiger partial charge in [0.25, 0.3) is 5.56 Å². The van der Waals surface area contributed by atoms with Crippen molar-refractivity contribution >= 4 is 28.2 Å². The molecule has 8 nitrogen and oxygen atoms in total. The Bertz CT molecular complexity index is 1480. The maximum atomic E-state index is 13.8. The van der Waals surface area contributed by atoms with Gasteiger partial charge in [-0.1, -0.05) is 18.2 Å². The molecule has 3 aromatic heterocycles. The zero-order chi connectivity index (χ0) is 20.7. The number of nitrogens with one attached hydrogen (secondary N) is 1. The Hall–Kier alpha value is -4.40. The average Bonchev–Trinajstić information content (AvgIpc) is 3.11. The smallest absolute Gasteiger partial charge is 0.293 e. The summed E-state index contributed by atoms with van der Waals surface area (Å²) in [4.78, 5) is 25.1. The van der Waals surface area contributed by atoms with E-state index in [-0.39, 0.29) is 17.5 Å². The molecule has 0 atom stereocenters. The highest BCUT2D eigenvalue weighted by Gasteiger charge is 2.16. The number of rotatable bonds is 3. The molecular weight excluding hydrogens is 387 g/mol. The van der Waals surface area contributed by atoms with Gasteiger partial charge in [0.1, 0.15) is 5.69 Å². The van der Waals surface area contributed by atoms with Gasteiger partial charge >= 0.3 is 0 Å². The van der Waals surface area contributed by atoms with Gasteiger partial charge in [-0.2, -0.15) is 4.52 Å². The molecule has 0 fully saturated rings. The molecule has 0 aliphatic heterocycles. The maximum absolute atomic E-state index is 13.8. The quantitative estimate of drug-likeness (QED) is 0.479. The van der Waals surface area contributed by atoms with Gasteiger partial charge in [0.15, 0.2) is 23.0 Å². The molecule has 0 saturated heterocycles. The van der Waals surface area contributed by atoms with E-state index in [0.29, 0.717) is 16.7 Å². The van der Waals surface area contributed by atoms with Crippen molar-refractivity contribution in [2.75, 3.05) is 5.32 Å². The van der Waals surface area contributed by atoms with Crippen LogP contribution in [0.5, 0.6) is 5.75 Å². The van der Waals surface area contributed by atoms with E-state index >= 15 is 0 Å². The van der Waals surface area contributed by atoms with Crippen molar-refractivity contribution in [3.63, 3.8) is 0 Å². The summed E-state index contributed by atoms with van der Waals surface area (Å²) < 4.78 is 15.3. The van der Waals surface area contributed by atoms with Crippen LogP contribution >= 0.6 is 0 Å². The third-order valence-electron chi connectivity index (χ3n) is 4.51. The van der Waals surface area contributed by atoms with Crippen molar-refractivity contribution in [3.8, 4) is 17.1 Å². The first kappa shape index (κ1) is 17.7. The van der Waals surface area contributed by atoms with Crippen LogP contribution in [0.15, 0.2) is 71.7 Å². The van der Waals surface area contributed by atoms with E-state index in [1.165, 1.54) is 22.8 Å². The lowest BCUT2D eigenvalue weighted by Gasteiger charge is -2.07. The topological polar surface area (TPSA) is 105 Å². The third-order valence-corrected chi connectivity index (χ3v) is 4.51. The molecule has 2 N–H and O–H groups in total. The van der Waals surface area contributed by atoms with Crippen LogP contribution in [0.4, 0.5) is 16.0 Å². The molecule has 0 spiro atoms. The summed E-state index contributed by atoms with van der Waals surface area (Å²) in [6, 6.07) is 16.2. The summed E-state index contributed by atoms with van der Waals surface area (Å²) in [5, 5.41) is 17.6. The normalized spacial score (nSPS) is 11.1. The van der Waals surface area contributed by atoms with Gasteiger partial charge in [0.05, 0.1) is 5.52 Å². The number of nitrogens with zero attached hydrogens (tertiary/aromatic N) is 5. The first-order valence-corrected chi connectivity index (χ1v) is 8.97. The number of hydrogen-bond donors (Lipinski definition) is 2. The predicted octanol–water partition coefficient (Wildman–Crippen LogP) is 3.29. The van der Waals surface area contributed by atoms with E-state index in [0.717, 1.165) is 11.5 Å². The third kappa shape index (κ3) is 2.98. The lowest BCUT2D eigenvalue weighted by atomic mass is 10.2. The minimum absolute atomic E-state index is 0.219. The van der Waals surface area contributed by atoms with Crippen molar-refractivity contribution in [1.82, 2.24) is 24.6 Å². The van der Waals surface area contributed by atoms with Crippen LogP contribution in [-0.2, 0) is 0 Å². The van der Waals surface area contributed by atoms with E-state index in [1.54, 1.807) is 18.2 Å². The summed E-state index contributed by atoms with van der Waals surface area (Å²) in [5.74, 6) is -0.725. The zero-order valence-corrected chi connectivity index (χ0v) is 15.3. The molecule has 30 heavy (non-hydrogen) atoms. The number of para-hydroxylation sites is 1. The second-order valence-corrected chi connectivity index (χ2v) is 6.46. The van der Waals surface area contributed by atoms with Crippen molar-refractivity contribution in [3.05, 3.63) is 83.0 Å². The van der Waals surface area contributed by atoms with Gasteiger partial charge in [-0.3, -0.25) is 4.79 Å². The summed E-state index contributed by atoms with van der Waals surface area (Å²) in [6.45, 7) is 0. The summed E-state index contributed by atoms with van der Waals surface area (Å²) in [7, 11) is 0. The van der Waals surface area contributed by atoms with E-state index < -0.39 is 17.1 Å². The number of benzene rings is 2. The van der Waals surface area contributed by atoms with Crippen molar-refractivity contribution in [2.45, 2.75) is 0 Å². The number of aromatic hydroxyl groups is 1. The monoisotopic (exact) mass is 400 g/mol. The van der Waals surface area contributed by atoms with Gasteiger partial charge < -0.3 is 10.4 Å². The Kier molecular flexibility index (Phi) is 4.06. The molecule has 0 aliphatic carbocycles. The molecule has 0 bridgehead atoms. The van der Waals surface area contributed by atoms with E-state index in [9.17, 15) is 14.3 Å². The second-order valence-electron chi connectivity index (χ2n) is 6.46. The van der Waals surface area contributed by atoms with Crippen molar-refractivity contribution in [2.24, 2.45) is 0 Å². The van der Waals surface area contributed by atoms with Gasteiger partial charge in [-0.05, 0) is 42.5 Å². The molecule has 5 aromatic rings. The molecule has 146 valence electrons. The average molecular weight is 400 g/mol. The Morgan fingerprint density at radius 2 is 1.83 bits per heavy atom. The standard InChI is InChI=1S/C21H13FN6O2/c22-14-11-12(8-9-17(14)29)18-26-19-13-5-1-2-6-15(13)24-21(28(19)27-18)25-16-7-3-4-10-23-20(16)30/h1-11,29H,(H,23,24,25,30). The minimum atomic E-state index is -0.772. The lowest BCUT2D eigenvalue weighted by molar-refractivity contribution is 0.432. The van der Waals surface area contributed by atoms with Crippen LogP contribution in [-0.4, -0.2) is 29.7 Å². The molecule has 0 radical (unpaired) electrons. The molecular formula is C21H13FN6O2. The molecule has 2 aromatic carbocycles. The second kappa shape index (κ2) is 6.89. The summed E-state index contributed by atoms with van der Waals surface area (Å²) >= 11 is 0. The fourth-order valence-electron chi connectivity index (χ4n) is 3.07. The number of fused-ring (bicyclic) bond motifs is 3. The van der Waals surface area contributed by atoms with Crippen LogP contribution in [0.2, 0.25) is 0 Å². The fraction of sp³-hybridized carbons (Fsp3) is 0. The van der Waals surface area contributed by atoms with Crippen LogP contribution in [0.25, 0.3) is 27.9 Å². The predicted molar refractivity (Wildman–Crippen MR) is 109 cm³/mol. The highest BCUT2D eigenvalue weighted by molar-refractivity contribution is 5.93. The number of phenolic OH excluding ortho intramolecular Hbond substituents is 1. The highest BCUT2D eigenvalue weighted by Crippen LogP contribution is 2.27. The lowest BCUT2D eigenvalue weighted by Crippen LogP contribution is -2.11. The number of anilines is 2. The number of aromatic nitrogens is 5. The van der Waals surface area contributed by atoms with Gasteiger partial charge in [0.2, 0.25) is 5.95 Å². The molecule has 3 heterocycles. The van der Waals surface area contributed by atoms with Crippen LogP contribution < -0.4 is 10.9 Å². The molecule has 0 amide bonds. The zero-order valence-electron chi connectivity index (χ0n) is 15.3. The van der Waals surface area contributed by atoms with Crippen LogP contribution in [0.3, 0.4) is 0 Å². The van der Waals surface area contributed by atoms with Crippen LogP contribution in [0.1, 0.15) is 0 Å². The van der Waals surface area contributed by atoms with Gasteiger partial charge in [-0.15, -0.1) is 5.10 Å². The van der Waals surface area contributed by atoms with Gasteiger partial charge in [-0.25, -0.2) is 19.3 Å². The Morgan fingerprint density at radius 3 is 2.70 bits per heavy atom. The van der Waals surface area contributed by atoms with Crippen LogP contribution in [0, 0.1) is 5.82 Å². The first-order chi connectivity index (χ1) is 14.6. The molecule has 0 aliphatic rings. The highest BCUT2D eigenvalue weighted by atomic mass is 19.1. The van der Waals surface area contributed by atoms with Crippen molar-refractivity contribution < 1.29 is 9.50 Å². The van der Waals surface area contributed by atoms with E-state index in [4.69, 9.17) is 0 Å². The van der Waals surface area contributed by atoms with Crippen molar-refractivity contribution in [1.29, 1.82) is 0 Å². The Morgan fingerprint density at radius 1 is 1.00 bits per heavy atom. The SMILES string of the molecule is O=c1nccccc1Nc1nc2ccccc2c2nc(-c3ccc(O)c(F)c3)nn12. The summed E-state index contributed by atoms with van der Waals surface area (Å²) in [6.07, 6.45) is 1.41. The molecule has 5 rings (SSSR count). The minimum Gasteiger partial charge on any atom is -0.505 e. The molecule has 0 saturated carbocycles. The number of hydrogen-bond acceptors (Lipinski definition) is 7. The largest absolute Gasteiger partial charge is 0.505 e. The maximum Gasteiger partial charge on any atom is 0.293 e. The Labute approximate surface area is 168 Å². The Balaban J connectivity index is 1.75. The van der Waals surface area contributed by atoms with E-state index in [2.05, 4.69) is 25.4 Å². The van der Waals surface area contributed by atoms with Gasteiger partial charge in [0, 0.05) is 17.1 Å². The van der Waals surface area contributed by atoms with E-state index in [1.807, 2.05) is 24.3 Å². The first-order valence-electron chi connectivity index (χ1n) is 8.97. The number of halogens is 1. The number of phenols is 1. The molecule has 9 heteroatoms. The summed E-state index contributed by atoms with van der Waals surface area (Å²) in [5.41, 5.74) is 1.28. The fourth-order valence-corrected chi connectivity index (χ4v) is 3.07. The molecule has 0 unspecified atom stereocenters.